The maximum absolute atomic E-state index is 13.0. The van der Waals surface area contributed by atoms with Crippen molar-refractivity contribution in [2.45, 2.75) is 6.42 Å². The summed E-state index contributed by atoms with van der Waals surface area (Å²) in [5.74, 6) is 1.35. The van der Waals surface area contributed by atoms with Gasteiger partial charge in [0, 0.05) is 18.5 Å². The van der Waals surface area contributed by atoms with E-state index in [4.69, 9.17) is 4.42 Å². The zero-order chi connectivity index (χ0) is 20.3. The number of benzene rings is 2. The number of aromatic amines is 1. The van der Waals surface area contributed by atoms with Gasteiger partial charge < -0.3 is 14.7 Å². The molecule has 30 heavy (non-hydrogen) atoms. The fourth-order valence-corrected chi connectivity index (χ4v) is 4.24. The summed E-state index contributed by atoms with van der Waals surface area (Å²) >= 11 is 1.33. The Morgan fingerprint density at radius 1 is 1.00 bits per heavy atom. The number of aromatic nitrogens is 3. The van der Waals surface area contributed by atoms with Crippen molar-refractivity contribution < 1.29 is 9.21 Å². The monoisotopic (exact) mass is 414 g/mol. The highest BCUT2D eigenvalue weighted by Gasteiger charge is 2.21. The molecule has 2 N–H and O–H groups in total. The highest BCUT2D eigenvalue weighted by atomic mass is 32.1. The van der Waals surface area contributed by atoms with Gasteiger partial charge in [-0.2, -0.15) is 0 Å². The fourth-order valence-electron chi connectivity index (χ4n) is 3.27. The molecular formula is C23H18N4O2S. The summed E-state index contributed by atoms with van der Waals surface area (Å²) in [5, 5.41) is 3.68. The summed E-state index contributed by atoms with van der Waals surface area (Å²) in [4.78, 5) is 26.1. The molecule has 7 heteroatoms. The highest BCUT2D eigenvalue weighted by molar-refractivity contribution is 7.17. The first kappa shape index (κ1) is 18.3. The zero-order valence-electron chi connectivity index (χ0n) is 16.0. The molecule has 5 aromatic rings. The van der Waals surface area contributed by atoms with Crippen LogP contribution < -0.4 is 5.32 Å². The molecule has 6 nitrogen and oxygen atoms in total. The molecule has 0 atom stereocenters. The molecule has 1 amide bonds. The van der Waals surface area contributed by atoms with Crippen molar-refractivity contribution in [2.75, 3.05) is 6.54 Å². The summed E-state index contributed by atoms with van der Waals surface area (Å²) in [7, 11) is 0. The van der Waals surface area contributed by atoms with E-state index in [0.717, 1.165) is 22.4 Å². The van der Waals surface area contributed by atoms with Gasteiger partial charge in [0.15, 0.2) is 10.8 Å². The molecule has 3 heterocycles. The Balaban J connectivity index is 1.36. The Labute approximate surface area is 176 Å². The fraction of sp³-hybridized carbons (Fsp3) is 0.0870. The minimum atomic E-state index is -0.153. The number of rotatable bonds is 6. The number of nitrogens with one attached hydrogen (secondary N) is 2. The van der Waals surface area contributed by atoms with E-state index >= 15 is 0 Å². The quantitative estimate of drug-likeness (QED) is 0.413. The van der Waals surface area contributed by atoms with Gasteiger partial charge in [0.05, 0.1) is 23.0 Å². The second kappa shape index (κ2) is 7.96. The van der Waals surface area contributed by atoms with Crippen LogP contribution in [0.15, 0.2) is 77.4 Å². The number of imidazole rings is 1. The van der Waals surface area contributed by atoms with E-state index in [-0.39, 0.29) is 5.91 Å². The second-order valence-corrected chi connectivity index (χ2v) is 7.75. The molecule has 0 aliphatic rings. The van der Waals surface area contributed by atoms with E-state index in [1.807, 2.05) is 66.7 Å². The molecule has 148 valence electrons. The van der Waals surface area contributed by atoms with Gasteiger partial charge in [-0.05, 0) is 24.3 Å². The molecule has 0 fully saturated rings. The van der Waals surface area contributed by atoms with Crippen LogP contribution in [0.3, 0.4) is 0 Å². The number of thiazole rings is 1. The first-order valence-electron chi connectivity index (χ1n) is 9.60. The number of nitrogens with zero attached hydrogens (tertiary/aromatic N) is 2. The van der Waals surface area contributed by atoms with Crippen molar-refractivity contribution in [2.24, 2.45) is 0 Å². The van der Waals surface area contributed by atoms with Crippen LogP contribution in [0.1, 0.15) is 15.5 Å². The topological polar surface area (TPSA) is 83.8 Å². The van der Waals surface area contributed by atoms with Gasteiger partial charge in [0.2, 0.25) is 0 Å². The summed E-state index contributed by atoms with van der Waals surface area (Å²) in [6.45, 7) is 0.473. The molecule has 0 saturated carbocycles. The first-order valence-corrected chi connectivity index (χ1v) is 10.4. The molecule has 3 aromatic heterocycles. The third kappa shape index (κ3) is 3.62. The van der Waals surface area contributed by atoms with Crippen molar-refractivity contribution in [3.05, 3.63) is 83.7 Å². The average molecular weight is 414 g/mol. The van der Waals surface area contributed by atoms with E-state index in [0.29, 0.717) is 34.3 Å². The largest absolute Gasteiger partial charge is 0.462 e. The SMILES string of the molecule is O=C(NCCc1nc2ccccc2[nH]1)c1sc(-c2ccco2)nc1-c1ccccc1. The number of hydrogen-bond acceptors (Lipinski definition) is 5. The Morgan fingerprint density at radius 3 is 2.63 bits per heavy atom. The molecule has 5 rings (SSSR count). The second-order valence-electron chi connectivity index (χ2n) is 6.75. The number of carbonyl (C=O) groups is 1. The van der Waals surface area contributed by atoms with Crippen molar-refractivity contribution in [3.63, 3.8) is 0 Å². The van der Waals surface area contributed by atoms with Crippen LogP contribution in [0.2, 0.25) is 0 Å². The summed E-state index contributed by atoms with van der Waals surface area (Å²) in [6, 6.07) is 21.3. The lowest BCUT2D eigenvalue weighted by Gasteiger charge is -2.04. The zero-order valence-corrected chi connectivity index (χ0v) is 16.8. The lowest BCUT2D eigenvalue weighted by atomic mass is 10.1. The first-order chi connectivity index (χ1) is 14.8. The van der Waals surface area contributed by atoms with Gasteiger partial charge in [-0.3, -0.25) is 4.79 Å². The van der Waals surface area contributed by atoms with Crippen LogP contribution in [0.5, 0.6) is 0 Å². The van der Waals surface area contributed by atoms with Crippen LogP contribution in [0.25, 0.3) is 33.1 Å². The molecule has 0 bridgehead atoms. The maximum atomic E-state index is 13.0. The molecule has 0 aliphatic carbocycles. The summed E-state index contributed by atoms with van der Waals surface area (Å²) < 4.78 is 5.48. The minimum absolute atomic E-state index is 0.153. The van der Waals surface area contributed by atoms with Crippen molar-refractivity contribution >= 4 is 28.3 Å². The minimum Gasteiger partial charge on any atom is -0.462 e. The standard InChI is InChI=1S/C23H18N4O2S/c28-22(24-13-12-19-25-16-9-4-5-10-17(16)26-19)21-20(15-7-2-1-3-8-15)27-23(30-21)18-11-6-14-29-18/h1-11,14H,12-13H2,(H,24,28)(H,25,26). The summed E-state index contributed by atoms with van der Waals surface area (Å²) in [5.41, 5.74) is 3.48. The maximum Gasteiger partial charge on any atom is 0.263 e. The number of hydrogen-bond donors (Lipinski definition) is 2. The molecule has 0 saturated heterocycles. The predicted molar refractivity (Wildman–Crippen MR) is 117 cm³/mol. The average Bonchev–Trinajstić information content (AvgIpc) is 3.52. The van der Waals surface area contributed by atoms with Gasteiger partial charge >= 0.3 is 0 Å². The number of amides is 1. The smallest absolute Gasteiger partial charge is 0.263 e. The van der Waals surface area contributed by atoms with Crippen molar-refractivity contribution in [1.82, 2.24) is 20.3 Å². The normalized spacial score (nSPS) is 11.1. The number of carbonyl (C=O) groups excluding carboxylic acids is 1. The Morgan fingerprint density at radius 2 is 1.83 bits per heavy atom. The van der Waals surface area contributed by atoms with Crippen molar-refractivity contribution in [1.29, 1.82) is 0 Å². The van der Waals surface area contributed by atoms with E-state index < -0.39 is 0 Å². The lowest BCUT2D eigenvalue weighted by molar-refractivity contribution is 0.0958. The van der Waals surface area contributed by atoms with Gasteiger partial charge in [-0.25, -0.2) is 9.97 Å². The van der Waals surface area contributed by atoms with Gasteiger partial charge in [0.25, 0.3) is 5.91 Å². The van der Waals surface area contributed by atoms with E-state index in [2.05, 4.69) is 20.3 Å². The highest BCUT2D eigenvalue weighted by Crippen LogP contribution is 2.34. The number of para-hydroxylation sites is 2. The third-order valence-corrected chi connectivity index (χ3v) is 5.77. The summed E-state index contributed by atoms with van der Waals surface area (Å²) in [6.07, 6.45) is 2.22. The molecule has 2 aromatic carbocycles. The lowest BCUT2D eigenvalue weighted by Crippen LogP contribution is -2.25. The van der Waals surface area contributed by atoms with E-state index in [1.54, 1.807) is 6.26 Å². The molecular weight excluding hydrogens is 396 g/mol. The van der Waals surface area contributed by atoms with Crippen LogP contribution in [-0.2, 0) is 6.42 Å². The Kier molecular flexibility index (Phi) is 4.86. The molecule has 0 spiro atoms. The van der Waals surface area contributed by atoms with Crippen LogP contribution in [0.4, 0.5) is 0 Å². The number of H-pyrrole nitrogens is 1. The van der Waals surface area contributed by atoms with E-state index in [9.17, 15) is 4.79 Å². The van der Waals surface area contributed by atoms with Gasteiger partial charge in [-0.1, -0.05) is 42.5 Å². The predicted octanol–water partition coefficient (Wildman–Crippen LogP) is 4.92. The van der Waals surface area contributed by atoms with Crippen LogP contribution in [-0.4, -0.2) is 27.4 Å². The number of fused-ring (bicyclic) bond motifs is 1. The molecule has 0 unspecified atom stereocenters. The van der Waals surface area contributed by atoms with Gasteiger partial charge in [0.1, 0.15) is 10.7 Å². The van der Waals surface area contributed by atoms with Gasteiger partial charge in [-0.15, -0.1) is 11.3 Å². The molecule has 0 radical (unpaired) electrons. The Hall–Kier alpha value is -3.71. The number of furan rings is 1. The van der Waals surface area contributed by atoms with Crippen molar-refractivity contribution in [3.8, 4) is 22.0 Å². The molecule has 0 aliphatic heterocycles. The Bertz CT molecular complexity index is 1260. The van der Waals surface area contributed by atoms with E-state index in [1.165, 1.54) is 11.3 Å². The van der Waals surface area contributed by atoms with Crippen LogP contribution in [0, 0.1) is 0 Å². The van der Waals surface area contributed by atoms with Crippen LogP contribution >= 0.6 is 11.3 Å². The third-order valence-electron chi connectivity index (χ3n) is 4.70.